The third-order valence-electron chi connectivity index (χ3n) is 5.17. The van der Waals surface area contributed by atoms with E-state index < -0.39 is 5.82 Å². The van der Waals surface area contributed by atoms with Gasteiger partial charge in [0.05, 0.1) is 11.3 Å². The van der Waals surface area contributed by atoms with Crippen molar-refractivity contribution in [2.75, 3.05) is 18.1 Å². The Hall–Kier alpha value is -3.06. The second-order valence-corrected chi connectivity index (χ2v) is 7.74. The number of anilines is 2. The molecule has 0 saturated carbocycles. The number of rotatable bonds is 4. The maximum Gasteiger partial charge on any atom is 0.255 e. The number of pyridine rings is 1. The maximum absolute atomic E-state index is 14.6. The number of amides is 1. The van der Waals surface area contributed by atoms with Crippen molar-refractivity contribution in [3.8, 4) is 0 Å². The summed E-state index contributed by atoms with van der Waals surface area (Å²) in [5, 5.41) is 5.88. The highest BCUT2D eigenvalue weighted by Crippen LogP contribution is 2.34. The fourth-order valence-corrected chi connectivity index (χ4v) is 4.03. The van der Waals surface area contributed by atoms with Crippen LogP contribution in [0.1, 0.15) is 27.4 Å². The van der Waals surface area contributed by atoms with Crippen molar-refractivity contribution in [2.24, 2.45) is 7.05 Å². The first-order valence-corrected chi connectivity index (χ1v) is 10.4. The molecule has 7 heteroatoms. The summed E-state index contributed by atoms with van der Waals surface area (Å²) in [6.07, 6.45) is 1.87. The van der Waals surface area contributed by atoms with Crippen LogP contribution in [-0.4, -0.2) is 23.3 Å². The number of carbonyl (C=O) groups is 1. The van der Waals surface area contributed by atoms with Gasteiger partial charge in [-0.25, -0.2) is 4.39 Å². The first-order valence-electron chi connectivity index (χ1n) is 9.17. The van der Waals surface area contributed by atoms with Gasteiger partial charge in [0.2, 0.25) is 0 Å². The zero-order valence-corrected chi connectivity index (χ0v) is 16.8. The minimum absolute atomic E-state index is 0.151. The summed E-state index contributed by atoms with van der Waals surface area (Å²) in [5.41, 5.74) is 1.96. The molecule has 0 saturated heterocycles. The predicted molar refractivity (Wildman–Crippen MR) is 114 cm³/mol. The van der Waals surface area contributed by atoms with Gasteiger partial charge < -0.3 is 10.6 Å². The molecule has 4 rings (SSSR count). The Morgan fingerprint density at radius 1 is 1.14 bits per heavy atom. The smallest absolute Gasteiger partial charge is 0.255 e. The zero-order valence-electron chi connectivity index (χ0n) is 16.0. The van der Waals surface area contributed by atoms with Gasteiger partial charge >= 0.3 is 0 Å². The minimum atomic E-state index is -0.447. The molecule has 5 nitrogen and oxygen atoms in total. The lowest BCUT2D eigenvalue weighted by atomic mass is 9.85. The van der Waals surface area contributed by atoms with E-state index in [1.165, 1.54) is 28.5 Å². The van der Waals surface area contributed by atoms with Crippen LogP contribution in [0.4, 0.5) is 15.9 Å². The summed E-state index contributed by atoms with van der Waals surface area (Å²) >= 11 is 1.44. The maximum atomic E-state index is 14.6. The van der Waals surface area contributed by atoms with Crippen LogP contribution in [0.2, 0.25) is 0 Å². The number of benzene rings is 2. The molecule has 3 aromatic rings. The average molecular weight is 409 g/mol. The van der Waals surface area contributed by atoms with E-state index in [1.807, 2.05) is 36.6 Å². The van der Waals surface area contributed by atoms with Crippen molar-refractivity contribution in [2.45, 2.75) is 10.8 Å². The molecule has 1 atom stereocenters. The lowest BCUT2D eigenvalue weighted by Crippen LogP contribution is -2.39. The van der Waals surface area contributed by atoms with Crippen molar-refractivity contribution in [3.05, 3.63) is 87.5 Å². The molecule has 148 valence electrons. The molecule has 0 aliphatic carbocycles. The Labute approximate surface area is 172 Å². The number of carbonyl (C=O) groups excluding carboxylic acids is 1. The van der Waals surface area contributed by atoms with E-state index >= 15 is 0 Å². The second-order valence-electron chi connectivity index (χ2n) is 6.86. The number of aromatic nitrogens is 1. The quantitative estimate of drug-likeness (QED) is 0.643. The molecule has 29 heavy (non-hydrogen) atoms. The highest BCUT2D eigenvalue weighted by atomic mass is 32.2. The fourth-order valence-electron chi connectivity index (χ4n) is 3.60. The molecule has 1 aliphatic rings. The first kappa shape index (κ1) is 19.3. The molecule has 1 aliphatic heterocycles. The summed E-state index contributed by atoms with van der Waals surface area (Å²) < 4.78 is 15.9. The fraction of sp³-hybridized carbons (Fsp3) is 0.182. The van der Waals surface area contributed by atoms with Crippen LogP contribution in [0.25, 0.3) is 0 Å². The van der Waals surface area contributed by atoms with Gasteiger partial charge in [-0.3, -0.25) is 14.2 Å². The highest BCUT2D eigenvalue weighted by Gasteiger charge is 2.31. The molecule has 2 N–H and O–H groups in total. The monoisotopic (exact) mass is 409 g/mol. The molecule has 1 amide bonds. The van der Waals surface area contributed by atoms with Crippen molar-refractivity contribution in [1.29, 1.82) is 0 Å². The number of hydrogen-bond acceptors (Lipinski definition) is 4. The topological polar surface area (TPSA) is 63.1 Å². The van der Waals surface area contributed by atoms with E-state index in [1.54, 1.807) is 19.2 Å². The van der Waals surface area contributed by atoms with Crippen LogP contribution in [0.3, 0.4) is 0 Å². The molecule has 0 fully saturated rings. The summed E-state index contributed by atoms with van der Waals surface area (Å²) in [5.74, 6) is -0.604. The highest BCUT2D eigenvalue weighted by molar-refractivity contribution is 7.98. The van der Waals surface area contributed by atoms with Gasteiger partial charge in [0.1, 0.15) is 11.6 Å². The van der Waals surface area contributed by atoms with Crippen LogP contribution >= 0.6 is 11.8 Å². The lowest BCUT2D eigenvalue weighted by Gasteiger charge is -2.29. The van der Waals surface area contributed by atoms with Gasteiger partial charge in [-0.2, -0.15) is 0 Å². The Balaban J connectivity index is 1.86. The van der Waals surface area contributed by atoms with Gasteiger partial charge in [-0.15, -0.1) is 11.8 Å². The van der Waals surface area contributed by atoms with E-state index in [9.17, 15) is 14.0 Å². The van der Waals surface area contributed by atoms with Gasteiger partial charge in [0.25, 0.3) is 11.5 Å². The molecule has 1 unspecified atom stereocenters. The summed E-state index contributed by atoms with van der Waals surface area (Å²) in [7, 11) is 1.57. The van der Waals surface area contributed by atoms with Crippen LogP contribution in [0.5, 0.6) is 0 Å². The summed E-state index contributed by atoms with van der Waals surface area (Å²) in [6.45, 7) is 0.402. The predicted octanol–water partition coefficient (Wildman–Crippen LogP) is 3.87. The number of halogens is 1. The first-order chi connectivity index (χ1) is 14.0. The molecule has 2 aromatic carbocycles. The lowest BCUT2D eigenvalue weighted by molar-refractivity contribution is 0.0943. The number of fused-ring (bicyclic) bond motifs is 1. The number of hydrogen-bond donors (Lipinski definition) is 2. The van der Waals surface area contributed by atoms with Crippen LogP contribution in [-0.2, 0) is 7.05 Å². The Morgan fingerprint density at radius 3 is 2.59 bits per heavy atom. The van der Waals surface area contributed by atoms with E-state index in [2.05, 4.69) is 10.6 Å². The van der Waals surface area contributed by atoms with Crippen molar-refractivity contribution in [3.63, 3.8) is 0 Å². The number of nitrogens with zero attached hydrogens (tertiary/aromatic N) is 1. The number of nitrogens with one attached hydrogen (secondary N) is 2. The number of thioether (sulfide) groups is 1. The molecular weight excluding hydrogens is 389 g/mol. The standard InChI is InChI=1S/C22H20FN3O2S/c1-26-19(27)11-15-16(13-6-4-3-5-7-13)12-24-22(28)20(15)21(26)25-18-9-8-14(29-2)10-17(18)23/h3-11,16,25H,12H2,1-2H3,(H,24,28). The van der Waals surface area contributed by atoms with Crippen molar-refractivity contribution in [1.82, 2.24) is 9.88 Å². The molecule has 2 heterocycles. The SMILES string of the molecule is CSc1ccc(Nc2c3c(cc(=O)n2C)C(c2ccccc2)CNC3=O)c(F)c1. The third-order valence-corrected chi connectivity index (χ3v) is 5.90. The van der Waals surface area contributed by atoms with Crippen molar-refractivity contribution >= 4 is 29.2 Å². The van der Waals surface area contributed by atoms with Crippen LogP contribution < -0.4 is 16.2 Å². The Bertz CT molecular complexity index is 1140. The van der Waals surface area contributed by atoms with E-state index in [0.717, 1.165) is 10.5 Å². The van der Waals surface area contributed by atoms with Gasteiger partial charge in [-0.1, -0.05) is 30.3 Å². The summed E-state index contributed by atoms with van der Waals surface area (Å²) in [4.78, 5) is 26.2. The third kappa shape index (κ3) is 3.53. The molecule has 0 radical (unpaired) electrons. The molecule has 0 bridgehead atoms. The van der Waals surface area contributed by atoms with Gasteiger partial charge in [0.15, 0.2) is 0 Å². The van der Waals surface area contributed by atoms with Gasteiger partial charge in [-0.05, 0) is 35.6 Å². The van der Waals surface area contributed by atoms with Gasteiger partial charge in [0, 0.05) is 30.5 Å². The Kier molecular flexibility index (Phi) is 5.15. The van der Waals surface area contributed by atoms with Crippen LogP contribution in [0, 0.1) is 5.82 Å². The molecule has 1 aromatic heterocycles. The average Bonchev–Trinajstić information content (AvgIpc) is 2.73. The zero-order chi connectivity index (χ0) is 20.5. The molecular formula is C22H20FN3O2S. The van der Waals surface area contributed by atoms with E-state index in [-0.39, 0.29) is 28.9 Å². The summed E-state index contributed by atoms with van der Waals surface area (Å²) in [6, 6.07) is 16.0. The van der Waals surface area contributed by atoms with E-state index in [4.69, 9.17) is 0 Å². The largest absolute Gasteiger partial charge is 0.351 e. The van der Waals surface area contributed by atoms with E-state index in [0.29, 0.717) is 17.7 Å². The van der Waals surface area contributed by atoms with Crippen molar-refractivity contribution < 1.29 is 9.18 Å². The Morgan fingerprint density at radius 2 is 1.90 bits per heavy atom. The van der Waals surface area contributed by atoms with Crippen LogP contribution in [0.15, 0.2) is 64.3 Å². The molecule has 0 spiro atoms. The minimum Gasteiger partial charge on any atom is -0.351 e. The second kappa shape index (κ2) is 7.75. The normalized spacial score (nSPS) is 15.6.